The van der Waals surface area contributed by atoms with E-state index in [0.717, 1.165) is 43.6 Å². The second-order valence-electron chi connectivity index (χ2n) is 6.90. The third-order valence-electron chi connectivity index (χ3n) is 5.06. The molecule has 23 heavy (non-hydrogen) atoms. The Bertz CT molecular complexity index is 647. The van der Waals surface area contributed by atoms with Crippen LogP contribution in [0.1, 0.15) is 11.1 Å². The number of nitrogens with zero attached hydrogens (tertiary/aromatic N) is 3. The number of pyridine rings is 1. The molecule has 1 aromatic carbocycles. The molecule has 0 amide bonds. The van der Waals surface area contributed by atoms with E-state index >= 15 is 0 Å². The van der Waals surface area contributed by atoms with Gasteiger partial charge in [0.25, 0.3) is 0 Å². The van der Waals surface area contributed by atoms with Crippen LogP contribution in [0, 0.1) is 17.7 Å². The van der Waals surface area contributed by atoms with Crippen molar-refractivity contribution in [2.45, 2.75) is 13.1 Å². The highest BCUT2D eigenvalue weighted by Crippen LogP contribution is 2.32. The van der Waals surface area contributed by atoms with E-state index in [4.69, 9.17) is 0 Å². The maximum Gasteiger partial charge on any atom is 0.123 e. The number of halogens is 1. The average molecular weight is 311 g/mol. The van der Waals surface area contributed by atoms with Crippen molar-refractivity contribution in [3.8, 4) is 0 Å². The molecular formula is C19H22FN3. The highest BCUT2D eigenvalue weighted by molar-refractivity contribution is 5.16. The van der Waals surface area contributed by atoms with Gasteiger partial charge in [-0.25, -0.2) is 4.39 Å². The number of likely N-dealkylation sites (tertiary alicyclic amines) is 2. The molecule has 0 aliphatic carbocycles. The molecule has 0 spiro atoms. The van der Waals surface area contributed by atoms with Crippen molar-refractivity contribution < 1.29 is 4.39 Å². The first-order chi connectivity index (χ1) is 11.3. The zero-order valence-electron chi connectivity index (χ0n) is 13.2. The van der Waals surface area contributed by atoms with Crippen LogP contribution in [0.5, 0.6) is 0 Å². The number of benzene rings is 1. The van der Waals surface area contributed by atoms with Gasteiger partial charge in [0.1, 0.15) is 5.82 Å². The van der Waals surface area contributed by atoms with Crippen LogP contribution >= 0.6 is 0 Å². The summed E-state index contributed by atoms with van der Waals surface area (Å²) in [7, 11) is 0. The van der Waals surface area contributed by atoms with Gasteiger partial charge in [-0.05, 0) is 41.2 Å². The van der Waals surface area contributed by atoms with Crippen molar-refractivity contribution in [2.75, 3.05) is 26.2 Å². The molecule has 3 nitrogen and oxygen atoms in total. The van der Waals surface area contributed by atoms with Gasteiger partial charge < -0.3 is 0 Å². The van der Waals surface area contributed by atoms with Gasteiger partial charge >= 0.3 is 0 Å². The minimum Gasteiger partial charge on any atom is -0.298 e. The van der Waals surface area contributed by atoms with Crippen LogP contribution in [-0.4, -0.2) is 41.0 Å². The first-order valence-corrected chi connectivity index (χ1v) is 8.34. The second kappa shape index (κ2) is 6.38. The van der Waals surface area contributed by atoms with E-state index in [1.54, 1.807) is 12.1 Å². The Morgan fingerprint density at radius 2 is 1.57 bits per heavy atom. The summed E-state index contributed by atoms with van der Waals surface area (Å²) in [6.07, 6.45) is 3.79. The van der Waals surface area contributed by atoms with Crippen LogP contribution in [0.25, 0.3) is 0 Å². The Kier molecular flexibility index (Phi) is 4.10. The van der Waals surface area contributed by atoms with Gasteiger partial charge in [-0.2, -0.15) is 0 Å². The van der Waals surface area contributed by atoms with Crippen molar-refractivity contribution in [1.29, 1.82) is 0 Å². The largest absolute Gasteiger partial charge is 0.298 e. The highest BCUT2D eigenvalue weighted by atomic mass is 19.1. The van der Waals surface area contributed by atoms with Gasteiger partial charge in [-0.15, -0.1) is 0 Å². The minimum atomic E-state index is -0.135. The molecule has 4 rings (SSSR count). The lowest BCUT2D eigenvalue weighted by Crippen LogP contribution is -2.28. The highest BCUT2D eigenvalue weighted by Gasteiger charge is 2.39. The van der Waals surface area contributed by atoms with Crippen LogP contribution in [-0.2, 0) is 13.1 Å². The van der Waals surface area contributed by atoms with E-state index < -0.39 is 0 Å². The second-order valence-corrected chi connectivity index (χ2v) is 6.90. The van der Waals surface area contributed by atoms with E-state index in [9.17, 15) is 4.39 Å². The SMILES string of the molecule is Fc1cccc(CN2C[C@H]3CN(Cc4cccnc4)C[C@H]3C2)c1. The zero-order chi connectivity index (χ0) is 15.6. The third kappa shape index (κ3) is 3.43. The van der Waals surface area contributed by atoms with Crippen LogP contribution in [0.15, 0.2) is 48.8 Å². The summed E-state index contributed by atoms with van der Waals surface area (Å²) >= 11 is 0. The van der Waals surface area contributed by atoms with Crippen molar-refractivity contribution in [3.63, 3.8) is 0 Å². The van der Waals surface area contributed by atoms with Gasteiger partial charge in [0.2, 0.25) is 0 Å². The van der Waals surface area contributed by atoms with E-state index in [1.807, 2.05) is 24.5 Å². The van der Waals surface area contributed by atoms with E-state index in [1.165, 1.54) is 24.7 Å². The van der Waals surface area contributed by atoms with Crippen LogP contribution < -0.4 is 0 Å². The van der Waals surface area contributed by atoms with Gasteiger partial charge in [-0.1, -0.05) is 18.2 Å². The topological polar surface area (TPSA) is 19.4 Å². The molecule has 2 aliphatic heterocycles. The molecule has 0 saturated carbocycles. The quantitative estimate of drug-likeness (QED) is 0.865. The summed E-state index contributed by atoms with van der Waals surface area (Å²) in [6.45, 7) is 6.46. The van der Waals surface area contributed by atoms with Crippen molar-refractivity contribution in [1.82, 2.24) is 14.8 Å². The molecule has 0 N–H and O–H groups in total. The fourth-order valence-electron chi connectivity index (χ4n) is 4.09. The fourth-order valence-corrected chi connectivity index (χ4v) is 4.09. The Morgan fingerprint density at radius 1 is 0.913 bits per heavy atom. The molecule has 2 atom stereocenters. The summed E-state index contributed by atoms with van der Waals surface area (Å²) in [5.41, 5.74) is 2.38. The average Bonchev–Trinajstić information content (AvgIpc) is 3.06. The number of rotatable bonds is 4. The van der Waals surface area contributed by atoms with Gasteiger partial charge in [-0.3, -0.25) is 14.8 Å². The molecule has 1 aromatic heterocycles. The summed E-state index contributed by atoms with van der Waals surface area (Å²) in [6, 6.07) is 11.1. The monoisotopic (exact) mass is 311 g/mol. The maximum atomic E-state index is 13.3. The number of hydrogen-bond donors (Lipinski definition) is 0. The molecule has 0 radical (unpaired) electrons. The standard InChI is InChI=1S/C19H22FN3/c20-19-5-1-3-15(7-19)9-22-11-17-13-23(14-18(17)12-22)10-16-4-2-6-21-8-16/h1-8,17-18H,9-14H2/t17-,18+. The molecule has 4 heteroatoms. The molecule has 2 aliphatic rings. The first-order valence-electron chi connectivity index (χ1n) is 8.34. The van der Waals surface area contributed by atoms with Crippen LogP contribution in [0.3, 0.4) is 0 Å². The predicted octanol–water partition coefficient (Wildman–Crippen LogP) is 2.78. The van der Waals surface area contributed by atoms with Gasteiger partial charge in [0.15, 0.2) is 0 Å². The Hall–Kier alpha value is -1.78. The summed E-state index contributed by atoms with van der Waals surface area (Å²) in [5.74, 6) is 1.37. The number of fused-ring (bicyclic) bond motifs is 1. The molecular weight excluding hydrogens is 289 g/mol. The van der Waals surface area contributed by atoms with E-state index in [-0.39, 0.29) is 5.82 Å². The Labute approximate surface area is 136 Å². The molecule has 2 saturated heterocycles. The molecule has 0 bridgehead atoms. The summed E-state index contributed by atoms with van der Waals surface area (Å²) < 4.78 is 13.3. The Morgan fingerprint density at radius 3 is 2.17 bits per heavy atom. The normalized spacial score (nSPS) is 24.9. The van der Waals surface area contributed by atoms with E-state index in [2.05, 4.69) is 20.9 Å². The lowest BCUT2D eigenvalue weighted by atomic mass is 10.0. The van der Waals surface area contributed by atoms with Crippen molar-refractivity contribution >= 4 is 0 Å². The van der Waals surface area contributed by atoms with E-state index in [0.29, 0.717) is 0 Å². The Balaban J connectivity index is 1.31. The zero-order valence-corrected chi connectivity index (χ0v) is 13.2. The van der Waals surface area contributed by atoms with Gasteiger partial charge in [0, 0.05) is 51.7 Å². The lowest BCUT2D eigenvalue weighted by molar-refractivity contribution is 0.246. The molecule has 2 fully saturated rings. The predicted molar refractivity (Wildman–Crippen MR) is 88.2 cm³/mol. The smallest absolute Gasteiger partial charge is 0.123 e. The number of hydrogen-bond acceptors (Lipinski definition) is 3. The number of aromatic nitrogens is 1. The summed E-state index contributed by atoms with van der Waals surface area (Å²) in [5, 5.41) is 0. The molecule has 3 heterocycles. The minimum absolute atomic E-state index is 0.135. The maximum absolute atomic E-state index is 13.3. The third-order valence-corrected chi connectivity index (χ3v) is 5.06. The van der Waals surface area contributed by atoms with Crippen LogP contribution in [0.2, 0.25) is 0 Å². The lowest BCUT2D eigenvalue weighted by Gasteiger charge is -2.21. The molecule has 120 valence electrons. The van der Waals surface area contributed by atoms with Gasteiger partial charge in [0.05, 0.1) is 0 Å². The molecule has 0 unspecified atom stereocenters. The summed E-state index contributed by atoms with van der Waals surface area (Å²) in [4.78, 5) is 9.22. The molecule has 2 aromatic rings. The van der Waals surface area contributed by atoms with Crippen LogP contribution in [0.4, 0.5) is 4.39 Å². The van der Waals surface area contributed by atoms with Crippen molar-refractivity contribution in [2.24, 2.45) is 11.8 Å². The first kappa shape index (κ1) is 14.8. The van der Waals surface area contributed by atoms with Crippen molar-refractivity contribution in [3.05, 3.63) is 65.7 Å². The fraction of sp³-hybridized carbons (Fsp3) is 0.421.